The molecule has 0 bridgehead atoms. The molecule has 0 radical (unpaired) electrons. The molecule has 64 heavy (non-hydrogen) atoms. The molecule has 0 spiro atoms. The van der Waals surface area contributed by atoms with Crippen molar-refractivity contribution < 1.29 is 0 Å². The minimum absolute atomic E-state index is 0.830. The van der Waals surface area contributed by atoms with E-state index >= 15 is 0 Å². The van der Waals surface area contributed by atoms with Crippen LogP contribution in [0.5, 0.6) is 0 Å². The average Bonchev–Trinajstić information content (AvgIpc) is 3.82. The zero-order valence-electron chi connectivity index (χ0n) is 35.0. The molecule has 4 nitrogen and oxygen atoms in total. The van der Waals surface area contributed by atoms with Gasteiger partial charge in [0.15, 0.2) is 0 Å². The Morgan fingerprint density at radius 1 is 0.281 bits per heavy atom. The van der Waals surface area contributed by atoms with E-state index in [4.69, 9.17) is 0 Å². The average molecular weight is 817 g/mol. The standard InChI is InChI=1S/C60H40N4/c1-5-19-43(20-6-1)63(44-21-7-2-8-22-44)47-33-53-49-27-15-13-17-39(49)37-61-57-31-42-30-52-56-36-48(64(45-23-9-3-10-24-45)46-25-11-4-12-26-46)34-54-50-28-16-14-18-40(50)38-62(60(54)56)58(52)32-41(42)29-51(57)55(35-47)59(53)61/h1-36H,37-38H2. The highest BCUT2D eigenvalue weighted by Crippen LogP contribution is 2.50. The Balaban J connectivity index is 1.05. The van der Waals surface area contributed by atoms with Crippen LogP contribution >= 0.6 is 0 Å². The van der Waals surface area contributed by atoms with E-state index in [1.165, 1.54) is 87.8 Å². The maximum Gasteiger partial charge on any atom is 0.0575 e. The smallest absolute Gasteiger partial charge is 0.0575 e. The molecule has 0 saturated carbocycles. The first-order valence-electron chi connectivity index (χ1n) is 22.2. The third-order valence-electron chi connectivity index (χ3n) is 13.8. The van der Waals surface area contributed by atoms with Crippen molar-refractivity contribution >= 4 is 88.5 Å². The summed E-state index contributed by atoms with van der Waals surface area (Å²) in [7, 11) is 0. The molecule has 4 heterocycles. The molecule has 300 valence electrons. The van der Waals surface area contributed by atoms with Gasteiger partial charge in [-0.1, -0.05) is 121 Å². The van der Waals surface area contributed by atoms with Gasteiger partial charge in [-0.15, -0.1) is 0 Å². The molecule has 12 aromatic rings. The van der Waals surface area contributed by atoms with Crippen molar-refractivity contribution in [1.82, 2.24) is 9.13 Å². The fourth-order valence-corrected chi connectivity index (χ4v) is 11.1. The second kappa shape index (κ2) is 13.6. The number of hydrogen-bond donors (Lipinski definition) is 0. The maximum atomic E-state index is 2.58. The number of aromatic nitrogens is 2. The van der Waals surface area contributed by atoms with Gasteiger partial charge < -0.3 is 18.9 Å². The monoisotopic (exact) mass is 816 g/mol. The van der Waals surface area contributed by atoms with E-state index in [1.807, 2.05) is 0 Å². The van der Waals surface area contributed by atoms with Crippen molar-refractivity contribution in [2.75, 3.05) is 9.80 Å². The Labute approximate surface area is 370 Å². The van der Waals surface area contributed by atoms with Crippen molar-refractivity contribution in [3.63, 3.8) is 0 Å². The Morgan fingerprint density at radius 2 is 0.625 bits per heavy atom. The second-order valence-corrected chi connectivity index (χ2v) is 17.4. The summed E-state index contributed by atoms with van der Waals surface area (Å²) in [6, 6.07) is 80.6. The van der Waals surface area contributed by atoms with E-state index < -0.39 is 0 Å². The van der Waals surface area contributed by atoms with Crippen LogP contribution in [0.1, 0.15) is 11.1 Å². The van der Waals surface area contributed by atoms with Gasteiger partial charge in [-0.3, -0.25) is 0 Å². The Hall–Kier alpha value is -8.34. The number of fused-ring (bicyclic) bond motifs is 11. The van der Waals surface area contributed by atoms with E-state index in [1.54, 1.807) is 0 Å². The first-order chi connectivity index (χ1) is 31.7. The van der Waals surface area contributed by atoms with Crippen molar-refractivity contribution in [2.24, 2.45) is 0 Å². The molecule has 0 fully saturated rings. The van der Waals surface area contributed by atoms with E-state index in [9.17, 15) is 0 Å². The van der Waals surface area contributed by atoms with Gasteiger partial charge in [-0.2, -0.15) is 0 Å². The summed E-state index contributed by atoms with van der Waals surface area (Å²) in [5, 5.41) is 7.62. The molecule has 14 rings (SSSR count). The molecule has 0 aliphatic carbocycles. The Kier molecular flexibility index (Phi) is 7.48. The molecule has 0 N–H and O–H groups in total. The van der Waals surface area contributed by atoms with E-state index in [0.717, 1.165) is 47.2 Å². The van der Waals surface area contributed by atoms with E-state index in [-0.39, 0.29) is 0 Å². The SMILES string of the molecule is c1ccc(N(c2ccccc2)c2cc3c4c(c2)c2cc5cc6c(cc5cc2n4Cc2ccccc2-3)c2cc(N(c3ccccc3)c3ccccc3)cc3c2n6Cc2ccccc2-3)cc1. The molecule has 0 amide bonds. The van der Waals surface area contributed by atoms with Crippen LogP contribution in [0.15, 0.2) is 218 Å². The number of benzene rings is 10. The Morgan fingerprint density at radius 3 is 1.00 bits per heavy atom. The molecule has 10 aromatic carbocycles. The summed E-state index contributed by atoms with van der Waals surface area (Å²) >= 11 is 0. The molecular weight excluding hydrogens is 777 g/mol. The zero-order chi connectivity index (χ0) is 41.9. The first kappa shape index (κ1) is 35.3. The zero-order valence-corrected chi connectivity index (χ0v) is 35.0. The van der Waals surface area contributed by atoms with Crippen LogP contribution in [0.2, 0.25) is 0 Å². The van der Waals surface area contributed by atoms with Crippen LogP contribution in [0, 0.1) is 0 Å². The van der Waals surface area contributed by atoms with Crippen LogP contribution in [0.25, 0.3) is 76.6 Å². The van der Waals surface area contributed by atoms with E-state index in [2.05, 4.69) is 237 Å². The van der Waals surface area contributed by atoms with Crippen molar-refractivity contribution in [3.8, 4) is 22.3 Å². The van der Waals surface area contributed by atoms with Gasteiger partial charge in [0.25, 0.3) is 0 Å². The third kappa shape index (κ3) is 5.17. The topological polar surface area (TPSA) is 16.3 Å². The minimum Gasteiger partial charge on any atom is -0.335 e. The number of para-hydroxylation sites is 4. The van der Waals surface area contributed by atoms with Crippen LogP contribution in [0.4, 0.5) is 34.1 Å². The number of anilines is 6. The van der Waals surface area contributed by atoms with Gasteiger partial charge in [0.1, 0.15) is 0 Å². The Bertz CT molecular complexity index is 3500. The predicted octanol–water partition coefficient (Wildman–Crippen LogP) is 16.1. The lowest BCUT2D eigenvalue weighted by molar-refractivity contribution is 0.860. The maximum absolute atomic E-state index is 2.58. The lowest BCUT2D eigenvalue weighted by atomic mass is 9.93. The predicted molar refractivity (Wildman–Crippen MR) is 268 cm³/mol. The molecule has 2 aliphatic heterocycles. The fourth-order valence-electron chi connectivity index (χ4n) is 11.1. The van der Waals surface area contributed by atoms with Crippen LogP contribution in [0.3, 0.4) is 0 Å². The highest BCUT2D eigenvalue weighted by Gasteiger charge is 2.28. The molecule has 2 aromatic heterocycles. The summed E-state index contributed by atoms with van der Waals surface area (Å²) in [6.45, 7) is 1.66. The van der Waals surface area contributed by atoms with Crippen molar-refractivity contribution in [1.29, 1.82) is 0 Å². The van der Waals surface area contributed by atoms with Gasteiger partial charge in [-0.05, 0) is 130 Å². The van der Waals surface area contributed by atoms with Gasteiger partial charge >= 0.3 is 0 Å². The van der Waals surface area contributed by atoms with Crippen LogP contribution in [-0.2, 0) is 13.1 Å². The second-order valence-electron chi connectivity index (χ2n) is 17.4. The van der Waals surface area contributed by atoms with E-state index in [0.29, 0.717) is 0 Å². The summed E-state index contributed by atoms with van der Waals surface area (Å²) in [6.07, 6.45) is 0. The summed E-state index contributed by atoms with van der Waals surface area (Å²) in [4.78, 5) is 4.80. The number of nitrogens with zero attached hydrogens (tertiary/aromatic N) is 4. The highest BCUT2D eigenvalue weighted by atomic mass is 15.1. The molecule has 4 heteroatoms. The van der Waals surface area contributed by atoms with Gasteiger partial charge in [0.05, 0.1) is 22.1 Å². The normalized spacial score (nSPS) is 12.6. The van der Waals surface area contributed by atoms with Crippen molar-refractivity contribution in [2.45, 2.75) is 13.1 Å². The molecular formula is C60H40N4. The molecule has 2 aliphatic rings. The van der Waals surface area contributed by atoms with Gasteiger partial charge in [0, 0.05) is 79.9 Å². The number of rotatable bonds is 6. The van der Waals surface area contributed by atoms with Crippen molar-refractivity contribution in [3.05, 3.63) is 230 Å². The molecule has 0 atom stereocenters. The summed E-state index contributed by atoms with van der Waals surface area (Å²) in [5.74, 6) is 0. The van der Waals surface area contributed by atoms with Crippen LogP contribution in [-0.4, -0.2) is 9.13 Å². The van der Waals surface area contributed by atoms with Crippen LogP contribution < -0.4 is 9.80 Å². The quantitative estimate of drug-likeness (QED) is 0.166. The largest absolute Gasteiger partial charge is 0.335 e. The van der Waals surface area contributed by atoms with Gasteiger partial charge in [-0.25, -0.2) is 0 Å². The lowest BCUT2D eigenvalue weighted by Gasteiger charge is -2.28. The summed E-state index contributed by atoms with van der Waals surface area (Å²) in [5.41, 5.74) is 19.8. The molecule has 0 unspecified atom stereocenters. The molecule has 0 saturated heterocycles. The van der Waals surface area contributed by atoms with Gasteiger partial charge in [0.2, 0.25) is 0 Å². The number of hydrogen-bond acceptors (Lipinski definition) is 2. The lowest BCUT2D eigenvalue weighted by Crippen LogP contribution is -2.11. The minimum atomic E-state index is 0.830. The first-order valence-corrected chi connectivity index (χ1v) is 22.2. The summed E-state index contributed by atoms with van der Waals surface area (Å²) < 4.78 is 5.15. The third-order valence-corrected chi connectivity index (χ3v) is 13.8. The highest BCUT2D eigenvalue weighted by molar-refractivity contribution is 6.22. The fraction of sp³-hybridized carbons (Fsp3) is 0.0333.